The van der Waals surface area contributed by atoms with Crippen LogP contribution in [0.5, 0.6) is 0 Å². The van der Waals surface area contributed by atoms with Crippen LogP contribution in [0.25, 0.3) is 0 Å². The summed E-state index contributed by atoms with van der Waals surface area (Å²) in [6.45, 7) is 15.9. The Kier molecular flexibility index (Phi) is 4.60. The van der Waals surface area contributed by atoms with Gasteiger partial charge in [-0.1, -0.05) is 20.8 Å². The maximum absolute atomic E-state index is 6.17. The zero-order valence-electron chi connectivity index (χ0n) is 11.3. The molecule has 1 radical (unpaired) electrons. The lowest BCUT2D eigenvalue weighted by molar-refractivity contribution is 0.197. The molecule has 0 saturated carbocycles. The Morgan fingerprint density at radius 2 is 2.12 bits per heavy atom. The standard InChI is InChI=1S/C12H22BrN2OSi/c1-10(8-15-9-11(13)7-14-15)16-17(5,6)12(2,3)4/h7,9-10H,1,8H2,2-6H3/t10-/m0/s1. The van der Waals surface area contributed by atoms with Crippen LogP contribution in [0.1, 0.15) is 20.8 Å². The van der Waals surface area contributed by atoms with E-state index in [2.05, 4.69) is 61.8 Å². The van der Waals surface area contributed by atoms with Crippen molar-refractivity contribution in [3.63, 3.8) is 0 Å². The molecule has 1 rings (SSSR count). The van der Waals surface area contributed by atoms with Gasteiger partial charge in [0.2, 0.25) is 0 Å². The van der Waals surface area contributed by atoms with Gasteiger partial charge in [-0.25, -0.2) is 0 Å². The van der Waals surface area contributed by atoms with Crippen LogP contribution in [-0.2, 0) is 11.0 Å². The van der Waals surface area contributed by atoms with Crippen LogP contribution >= 0.6 is 15.9 Å². The van der Waals surface area contributed by atoms with Crippen molar-refractivity contribution < 1.29 is 4.43 Å². The van der Waals surface area contributed by atoms with Gasteiger partial charge < -0.3 is 4.43 Å². The molecule has 1 atom stereocenters. The van der Waals surface area contributed by atoms with Gasteiger partial charge in [-0.05, 0) is 41.0 Å². The first-order chi connectivity index (χ1) is 7.62. The van der Waals surface area contributed by atoms with Gasteiger partial charge in [0.05, 0.1) is 23.3 Å². The van der Waals surface area contributed by atoms with E-state index >= 15 is 0 Å². The second-order valence-corrected chi connectivity index (χ2v) is 11.6. The molecule has 1 aromatic rings. The number of halogens is 1. The Morgan fingerprint density at radius 3 is 2.53 bits per heavy atom. The lowest BCUT2D eigenvalue weighted by Crippen LogP contribution is -2.44. The largest absolute Gasteiger partial charge is 0.412 e. The molecule has 0 N–H and O–H groups in total. The summed E-state index contributed by atoms with van der Waals surface area (Å²) in [7, 11) is -1.73. The van der Waals surface area contributed by atoms with Crippen molar-refractivity contribution in [2.75, 3.05) is 0 Å². The van der Waals surface area contributed by atoms with Gasteiger partial charge in [-0.15, -0.1) is 0 Å². The predicted octanol–water partition coefficient (Wildman–Crippen LogP) is 3.87. The molecule has 0 bridgehead atoms. The van der Waals surface area contributed by atoms with Crippen molar-refractivity contribution in [2.24, 2.45) is 0 Å². The zero-order valence-corrected chi connectivity index (χ0v) is 13.9. The van der Waals surface area contributed by atoms with Crippen molar-refractivity contribution >= 4 is 24.2 Å². The van der Waals surface area contributed by atoms with Gasteiger partial charge >= 0.3 is 0 Å². The summed E-state index contributed by atoms with van der Waals surface area (Å²) < 4.78 is 9.01. The van der Waals surface area contributed by atoms with E-state index < -0.39 is 8.32 Å². The second kappa shape index (κ2) is 5.24. The number of rotatable bonds is 4. The molecular weight excluding hydrogens is 296 g/mol. The molecule has 5 heteroatoms. The van der Waals surface area contributed by atoms with E-state index in [0.29, 0.717) is 6.54 Å². The van der Waals surface area contributed by atoms with Crippen molar-refractivity contribution in [3.05, 3.63) is 23.8 Å². The van der Waals surface area contributed by atoms with E-state index in [9.17, 15) is 0 Å². The van der Waals surface area contributed by atoms with Gasteiger partial charge in [-0.2, -0.15) is 5.10 Å². The maximum atomic E-state index is 6.17. The van der Waals surface area contributed by atoms with E-state index in [0.717, 1.165) is 4.47 Å². The molecule has 0 aromatic carbocycles. The summed E-state index contributed by atoms with van der Waals surface area (Å²) in [4.78, 5) is 0. The topological polar surface area (TPSA) is 27.1 Å². The highest BCUT2D eigenvalue weighted by atomic mass is 79.9. The van der Waals surface area contributed by atoms with Crippen LogP contribution in [0, 0.1) is 6.92 Å². The van der Waals surface area contributed by atoms with Crippen molar-refractivity contribution in [3.8, 4) is 0 Å². The van der Waals surface area contributed by atoms with Gasteiger partial charge in [-0.3, -0.25) is 4.68 Å². The average molecular weight is 318 g/mol. The summed E-state index contributed by atoms with van der Waals surface area (Å²) in [6.07, 6.45) is 3.66. The smallest absolute Gasteiger partial charge is 0.192 e. The first-order valence-corrected chi connectivity index (χ1v) is 9.51. The lowest BCUT2D eigenvalue weighted by Gasteiger charge is -2.38. The molecule has 0 aliphatic carbocycles. The Labute approximate surface area is 114 Å². The Bertz CT molecular complexity index is 371. The molecule has 0 fully saturated rings. The molecule has 1 heterocycles. The van der Waals surface area contributed by atoms with Crippen LogP contribution in [0.4, 0.5) is 0 Å². The van der Waals surface area contributed by atoms with Crippen molar-refractivity contribution in [1.82, 2.24) is 9.78 Å². The molecule has 3 nitrogen and oxygen atoms in total. The number of hydrogen-bond donors (Lipinski definition) is 0. The minimum absolute atomic E-state index is 0.0531. The van der Waals surface area contributed by atoms with Gasteiger partial charge in [0.1, 0.15) is 0 Å². The monoisotopic (exact) mass is 317 g/mol. The fraction of sp³-hybridized carbons (Fsp3) is 0.667. The Morgan fingerprint density at radius 1 is 1.53 bits per heavy atom. The van der Waals surface area contributed by atoms with E-state index in [1.807, 2.05) is 10.9 Å². The highest BCUT2D eigenvalue weighted by molar-refractivity contribution is 9.10. The average Bonchev–Trinajstić information content (AvgIpc) is 2.47. The molecule has 0 saturated heterocycles. The molecule has 0 unspecified atom stereocenters. The fourth-order valence-corrected chi connectivity index (χ4v) is 2.87. The van der Waals surface area contributed by atoms with Crippen LogP contribution in [0.3, 0.4) is 0 Å². The maximum Gasteiger partial charge on any atom is 0.192 e. The third kappa shape index (κ3) is 4.23. The van der Waals surface area contributed by atoms with Crippen LogP contribution in [0.15, 0.2) is 16.9 Å². The summed E-state index contributed by atoms with van der Waals surface area (Å²) >= 11 is 3.38. The molecule has 0 spiro atoms. The first-order valence-electron chi connectivity index (χ1n) is 5.81. The van der Waals surface area contributed by atoms with Gasteiger partial charge in [0.25, 0.3) is 0 Å². The first kappa shape index (κ1) is 14.9. The Hall–Kier alpha value is -0.133. The molecule has 0 amide bonds. The molecule has 0 aliphatic heterocycles. The predicted molar refractivity (Wildman–Crippen MR) is 77.4 cm³/mol. The highest BCUT2D eigenvalue weighted by Crippen LogP contribution is 2.37. The van der Waals surface area contributed by atoms with Crippen LogP contribution < -0.4 is 0 Å². The van der Waals surface area contributed by atoms with E-state index in [1.54, 1.807) is 6.20 Å². The van der Waals surface area contributed by atoms with Crippen molar-refractivity contribution in [2.45, 2.75) is 51.6 Å². The van der Waals surface area contributed by atoms with Crippen LogP contribution in [-0.4, -0.2) is 24.2 Å². The Balaban J connectivity index is 2.58. The second-order valence-electron chi connectivity index (χ2n) is 5.88. The SMILES string of the molecule is [CH2][C@@H](Cn1cc(Br)cn1)O[Si](C)(C)C(C)(C)C. The lowest BCUT2D eigenvalue weighted by atomic mass is 10.2. The number of hydrogen-bond acceptors (Lipinski definition) is 2. The fourth-order valence-electron chi connectivity index (χ4n) is 1.28. The van der Waals surface area contributed by atoms with Crippen LogP contribution in [0.2, 0.25) is 18.1 Å². The van der Waals surface area contributed by atoms with Crippen molar-refractivity contribution in [1.29, 1.82) is 0 Å². The summed E-state index contributed by atoms with van der Waals surface area (Å²) in [6, 6.07) is 0. The number of aromatic nitrogens is 2. The summed E-state index contributed by atoms with van der Waals surface area (Å²) in [5, 5.41) is 4.43. The molecule has 17 heavy (non-hydrogen) atoms. The quantitative estimate of drug-likeness (QED) is 0.788. The molecular formula is C12H22BrN2OSi. The van der Waals surface area contributed by atoms with Gasteiger partial charge in [0, 0.05) is 6.20 Å². The third-order valence-electron chi connectivity index (χ3n) is 3.26. The zero-order chi connectivity index (χ0) is 13.3. The minimum atomic E-state index is -1.73. The summed E-state index contributed by atoms with van der Waals surface area (Å²) in [5.41, 5.74) is 0. The number of nitrogens with zero attached hydrogens (tertiary/aromatic N) is 2. The summed E-state index contributed by atoms with van der Waals surface area (Å²) in [5.74, 6) is 0. The minimum Gasteiger partial charge on any atom is -0.412 e. The highest BCUT2D eigenvalue weighted by Gasteiger charge is 2.38. The normalized spacial score (nSPS) is 15.0. The van der Waals surface area contributed by atoms with E-state index in [-0.39, 0.29) is 11.1 Å². The van der Waals surface area contributed by atoms with Gasteiger partial charge in [0.15, 0.2) is 8.32 Å². The molecule has 0 aliphatic rings. The third-order valence-corrected chi connectivity index (χ3v) is 8.20. The van der Waals surface area contributed by atoms with E-state index in [1.165, 1.54) is 0 Å². The van der Waals surface area contributed by atoms with E-state index in [4.69, 9.17) is 4.43 Å². The molecule has 97 valence electrons. The molecule has 1 aromatic heterocycles.